The van der Waals surface area contributed by atoms with E-state index in [4.69, 9.17) is 16.3 Å². The van der Waals surface area contributed by atoms with Crippen molar-refractivity contribution in [3.63, 3.8) is 0 Å². The third-order valence-corrected chi connectivity index (χ3v) is 7.12. The van der Waals surface area contributed by atoms with Crippen LogP contribution >= 0.6 is 11.6 Å². The molecule has 0 unspecified atom stereocenters. The van der Waals surface area contributed by atoms with Gasteiger partial charge in [0.15, 0.2) is 0 Å². The molecular formula is C29H30ClFN2O3. The molecule has 3 aromatic carbocycles. The Bertz CT molecular complexity index is 1180. The Morgan fingerprint density at radius 3 is 2.28 bits per heavy atom. The van der Waals surface area contributed by atoms with Crippen LogP contribution in [0.2, 0.25) is 5.02 Å². The molecule has 4 rings (SSSR count). The maximum absolute atomic E-state index is 13.3. The third kappa shape index (κ3) is 6.43. The molecule has 0 aliphatic carbocycles. The monoisotopic (exact) mass is 508 g/mol. The molecule has 0 aromatic heterocycles. The highest BCUT2D eigenvalue weighted by atomic mass is 35.5. The van der Waals surface area contributed by atoms with Gasteiger partial charge in [0.2, 0.25) is 5.91 Å². The first-order chi connectivity index (χ1) is 17.3. The second kappa shape index (κ2) is 11.6. The van der Waals surface area contributed by atoms with Gasteiger partial charge in [0.1, 0.15) is 11.6 Å². The van der Waals surface area contributed by atoms with Crippen LogP contribution in [-0.4, -0.2) is 48.4 Å². The summed E-state index contributed by atoms with van der Waals surface area (Å²) in [5, 5.41) is 0.427. The van der Waals surface area contributed by atoms with Crippen LogP contribution < -0.4 is 4.74 Å². The van der Waals surface area contributed by atoms with E-state index in [1.54, 1.807) is 53.2 Å². The number of ether oxygens (including phenoxy) is 1. The minimum atomic E-state index is -0.451. The van der Waals surface area contributed by atoms with E-state index in [9.17, 15) is 14.0 Å². The number of piperidine rings is 1. The van der Waals surface area contributed by atoms with Crippen LogP contribution in [0.15, 0.2) is 78.9 Å². The molecule has 1 fully saturated rings. The second-order valence-electron chi connectivity index (χ2n) is 9.43. The predicted molar refractivity (Wildman–Crippen MR) is 138 cm³/mol. The Hall–Kier alpha value is -3.38. The van der Waals surface area contributed by atoms with Crippen molar-refractivity contribution < 1.29 is 18.7 Å². The van der Waals surface area contributed by atoms with Gasteiger partial charge in [-0.3, -0.25) is 9.59 Å². The molecule has 0 atom stereocenters. The van der Waals surface area contributed by atoms with Gasteiger partial charge in [-0.15, -0.1) is 0 Å². The molecule has 36 heavy (non-hydrogen) atoms. The van der Waals surface area contributed by atoms with Crippen LogP contribution in [0, 0.1) is 11.2 Å². The van der Waals surface area contributed by atoms with Gasteiger partial charge < -0.3 is 14.5 Å². The SMILES string of the molecule is CN(Cc1ccccc1)C(=O)CC1(COc2ccc(F)cc2)CCN(C(=O)c2ccccc2Cl)CC1. The minimum Gasteiger partial charge on any atom is -0.493 e. The molecular weight excluding hydrogens is 479 g/mol. The summed E-state index contributed by atoms with van der Waals surface area (Å²) < 4.78 is 19.4. The number of benzene rings is 3. The van der Waals surface area contributed by atoms with E-state index in [0.717, 1.165) is 5.56 Å². The summed E-state index contributed by atoms with van der Waals surface area (Å²) in [6, 6.07) is 22.8. The highest BCUT2D eigenvalue weighted by molar-refractivity contribution is 6.33. The van der Waals surface area contributed by atoms with Crippen LogP contribution in [0.4, 0.5) is 4.39 Å². The number of hydrogen-bond acceptors (Lipinski definition) is 3. The first-order valence-corrected chi connectivity index (χ1v) is 12.4. The van der Waals surface area contributed by atoms with Gasteiger partial charge in [0.25, 0.3) is 5.91 Å². The Kier molecular flexibility index (Phi) is 8.26. The van der Waals surface area contributed by atoms with Gasteiger partial charge in [0, 0.05) is 38.5 Å². The Balaban J connectivity index is 1.46. The fourth-order valence-electron chi connectivity index (χ4n) is 4.53. The van der Waals surface area contributed by atoms with Crippen molar-refractivity contribution in [2.75, 3.05) is 26.7 Å². The lowest BCUT2D eigenvalue weighted by Crippen LogP contribution is -2.47. The fraction of sp³-hybridized carbons (Fsp3) is 0.310. The molecule has 0 bridgehead atoms. The van der Waals surface area contributed by atoms with Crippen LogP contribution in [0.5, 0.6) is 5.75 Å². The molecule has 0 spiro atoms. The van der Waals surface area contributed by atoms with Crippen molar-refractivity contribution in [1.82, 2.24) is 9.80 Å². The molecule has 1 aliphatic heterocycles. The topological polar surface area (TPSA) is 49.9 Å². The number of amides is 2. The van der Waals surface area contributed by atoms with Crippen molar-refractivity contribution in [2.45, 2.75) is 25.8 Å². The summed E-state index contributed by atoms with van der Waals surface area (Å²) in [6.07, 6.45) is 1.51. The zero-order valence-corrected chi connectivity index (χ0v) is 21.1. The van der Waals surface area contributed by atoms with Gasteiger partial charge in [0.05, 0.1) is 17.2 Å². The Morgan fingerprint density at radius 2 is 1.61 bits per heavy atom. The van der Waals surface area contributed by atoms with Gasteiger partial charge in [-0.1, -0.05) is 54.1 Å². The Morgan fingerprint density at radius 1 is 0.972 bits per heavy atom. The quantitative estimate of drug-likeness (QED) is 0.384. The van der Waals surface area contributed by atoms with E-state index >= 15 is 0 Å². The molecule has 2 amide bonds. The minimum absolute atomic E-state index is 0.0208. The highest BCUT2D eigenvalue weighted by Crippen LogP contribution is 2.37. The van der Waals surface area contributed by atoms with Crippen LogP contribution in [-0.2, 0) is 11.3 Å². The lowest BCUT2D eigenvalue weighted by atomic mass is 9.75. The molecule has 5 nitrogen and oxygen atoms in total. The van der Waals surface area contributed by atoms with E-state index in [-0.39, 0.29) is 17.6 Å². The first-order valence-electron chi connectivity index (χ1n) is 12.1. The van der Waals surface area contributed by atoms with Crippen molar-refractivity contribution in [1.29, 1.82) is 0 Å². The molecule has 1 heterocycles. The van der Waals surface area contributed by atoms with E-state index < -0.39 is 5.41 Å². The summed E-state index contributed by atoms with van der Waals surface area (Å²) >= 11 is 6.25. The average molecular weight is 509 g/mol. The van der Waals surface area contributed by atoms with Crippen LogP contribution in [0.25, 0.3) is 0 Å². The number of halogens is 2. The van der Waals surface area contributed by atoms with Gasteiger partial charge >= 0.3 is 0 Å². The molecule has 188 valence electrons. The number of carbonyl (C=O) groups is 2. The molecule has 7 heteroatoms. The van der Waals surface area contributed by atoms with Crippen molar-refractivity contribution in [2.24, 2.45) is 5.41 Å². The number of hydrogen-bond donors (Lipinski definition) is 0. The second-order valence-corrected chi connectivity index (χ2v) is 9.83. The summed E-state index contributed by atoms with van der Waals surface area (Å²) in [5.74, 6) is 0.130. The number of rotatable bonds is 8. The largest absolute Gasteiger partial charge is 0.493 e. The molecule has 3 aromatic rings. The van der Waals surface area contributed by atoms with E-state index in [1.807, 2.05) is 30.3 Å². The zero-order chi connectivity index (χ0) is 25.5. The lowest BCUT2D eigenvalue weighted by Gasteiger charge is -2.42. The molecule has 1 aliphatic rings. The molecule has 0 radical (unpaired) electrons. The van der Waals surface area contributed by atoms with Gasteiger partial charge in [-0.2, -0.15) is 0 Å². The molecule has 0 saturated carbocycles. The normalized spacial score (nSPS) is 14.8. The fourth-order valence-corrected chi connectivity index (χ4v) is 4.75. The third-order valence-electron chi connectivity index (χ3n) is 6.79. The summed E-state index contributed by atoms with van der Waals surface area (Å²) in [4.78, 5) is 29.9. The van der Waals surface area contributed by atoms with Crippen molar-refractivity contribution >= 4 is 23.4 Å². The standard InChI is InChI=1S/C29H30ClFN2O3/c1-32(20-22-7-3-2-4-8-22)27(34)19-29(21-36-24-13-11-23(31)12-14-24)15-17-33(18-16-29)28(35)25-9-5-6-10-26(25)30/h2-14H,15-21H2,1H3. The summed E-state index contributed by atoms with van der Waals surface area (Å²) in [7, 11) is 1.81. The number of likely N-dealkylation sites (tertiary alicyclic amines) is 1. The highest BCUT2D eigenvalue weighted by Gasteiger charge is 2.39. The van der Waals surface area contributed by atoms with E-state index in [2.05, 4.69) is 0 Å². The van der Waals surface area contributed by atoms with Crippen molar-refractivity contribution in [3.8, 4) is 5.75 Å². The zero-order valence-electron chi connectivity index (χ0n) is 20.3. The lowest BCUT2D eigenvalue weighted by molar-refractivity contribution is -0.134. The van der Waals surface area contributed by atoms with E-state index in [0.29, 0.717) is 61.8 Å². The molecule has 0 N–H and O–H groups in total. The van der Waals surface area contributed by atoms with Gasteiger partial charge in [-0.25, -0.2) is 4.39 Å². The summed E-state index contributed by atoms with van der Waals surface area (Å²) in [5.41, 5.74) is 1.09. The first kappa shape index (κ1) is 25.7. The number of nitrogens with zero attached hydrogens (tertiary/aromatic N) is 2. The smallest absolute Gasteiger partial charge is 0.255 e. The van der Waals surface area contributed by atoms with Crippen LogP contribution in [0.1, 0.15) is 35.2 Å². The van der Waals surface area contributed by atoms with Gasteiger partial charge in [-0.05, 0) is 54.8 Å². The van der Waals surface area contributed by atoms with Crippen molar-refractivity contribution in [3.05, 3.63) is 101 Å². The number of carbonyl (C=O) groups excluding carboxylic acids is 2. The van der Waals surface area contributed by atoms with E-state index in [1.165, 1.54) is 12.1 Å². The Labute approximate surface area is 216 Å². The maximum Gasteiger partial charge on any atom is 0.255 e. The summed E-state index contributed by atoms with van der Waals surface area (Å²) in [6.45, 7) is 1.81. The molecule has 1 saturated heterocycles. The van der Waals surface area contributed by atoms with Crippen LogP contribution in [0.3, 0.4) is 0 Å². The maximum atomic E-state index is 13.3. The average Bonchev–Trinajstić information content (AvgIpc) is 2.89. The predicted octanol–water partition coefficient (Wildman–Crippen LogP) is 5.83.